The predicted molar refractivity (Wildman–Crippen MR) is 93.8 cm³/mol. The lowest BCUT2D eigenvalue weighted by molar-refractivity contribution is -0.153. The minimum absolute atomic E-state index is 0.105. The molecule has 8 heteroatoms. The number of para-hydroxylation sites is 1. The maximum atomic E-state index is 14.0. The number of furan rings is 1. The first kappa shape index (κ1) is 18.0. The molecule has 2 aliphatic heterocycles. The van der Waals surface area contributed by atoms with Crippen molar-refractivity contribution in [3.63, 3.8) is 0 Å². The van der Waals surface area contributed by atoms with Crippen LogP contribution in [0.2, 0.25) is 0 Å². The van der Waals surface area contributed by atoms with E-state index < -0.39 is 29.0 Å². The van der Waals surface area contributed by atoms with E-state index in [9.17, 15) is 22.0 Å². The molecule has 0 fully saturated rings. The van der Waals surface area contributed by atoms with Crippen LogP contribution >= 0.6 is 0 Å². The largest absolute Gasteiger partial charge is 0.492 e. The highest BCUT2D eigenvalue weighted by Crippen LogP contribution is 2.52. The number of anilines is 1. The van der Waals surface area contributed by atoms with Crippen LogP contribution in [0.5, 0.6) is 5.75 Å². The van der Waals surface area contributed by atoms with Crippen LogP contribution in [-0.2, 0) is 18.1 Å². The van der Waals surface area contributed by atoms with Crippen LogP contribution in [0.3, 0.4) is 0 Å². The van der Waals surface area contributed by atoms with Gasteiger partial charge in [-0.1, -0.05) is 18.2 Å². The van der Waals surface area contributed by atoms with Crippen LogP contribution in [-0.4, -0.2) is 13.2 Å². The van der Waals surface area contributed by atoms with Crippen LogP contribution in [0.1, 0.15) is 22.6 Å². The average Bonchev–Trinajstić information content (AvgIpc) is 3.36. The highest BCUT2D eigenvalue weighted by atomic mass is 19.4. The Labute approximate surface area is 162 Å². The summed E-state index contributed by atoms with van der Waals surface area (Å²) in [7, 11) is 0. The Balaban J connectivity index is 1.54. The summed E-state index contributed by atoms with van der Waals surface area (Å²) in [5.41, 5.74) is 1.44. The number of hydrogen-bond donors (Lipinski definition) is 0. The Morgan fingerprint density at radius 1 is 0.966 bits per heavy atom. The highest BCUT2D eigenvalue weighted by Gasteiger charge is 2.50. The van der Waals surface area contributed by atoms with Crippen LogP contribution in [0.25, 0.3) is 0 Å². The van der Waals surface area contributed by atoms with Gasteiger partial charge < -0.3 is 14.1 Å². The fourth-order valence-corrected chi connectivity index (χ4v) is 4.25. The number of fused-ring (bicyclic) bond motifs is 4. The molecule has 0 saturated carbocycles. The SMILES string of the molecule is Fc1cc2c(cc1F)C1(CO2)CN(Cc2ccc(C(F)(F)F)o2)c2ccccc21. The van der Waals surface area contributed by atoms with Crippen molar-refractivity contribution in [2.75, 3.05) is 18.1 Å². The Bertz CT molecular complexity index is 1110. The van der Waals surface area contributed by atoms with Gasteiger partial charge in [0.2, 0.25) is 5.76 Å². The Morgan fingerprint density at radius 2 is 1.72 bits per heavy atom. The van der Waals surface area contributed by atoms with Gasteiger partial charge in [-0.3, -0.25) is 0 Å². The molecule has 3 nitrogen and oxygen atoms in total. The number of ether oxygens (including phenoxy) is 1. The maximum absolute atomic E-state index is 14.0. The molecule has 3 heterocycles. The lowest BCUT2D eigenvalue weighted by Gasteiger charge is -2.24. The van der Waals surface area contributed by atoms with Crippen LogP contribution in [0, 0.1) is 11.6 Å². The predicted octanol–water partition coefficient (Wildman–Crippen LogP) is 5.28. The molecule has 0 radical (unpaired) electrons. The van der Waals surface area contributed by atoms with Gasteiger partial charge in [0, 0.05) is 23.9 Å². The van der Waals surface area contributed by atoms with Gasteiger partial charge in [0.15, 0.2) is 11.6 Å². The average molecular weight is 407 g/mol. The van der Waals surface area contributed by atoms with E-state index in [1.165, 1.54) is 6.07 Å². The molecule has 1 unspecified atom stereocenters. The van der Waals surface area contributed by atoms with Crippen molar-refractivity contribution >= 4 is 5.69 Å². The molecule has 2 aromatic carbocycles. The lowest BCUT2D eigenvalue weighted by Crippen LogP contribution is -2.35. The molecule has 0 amide bonds. The van der Waals surface area contributed by atoms with Crippen molar-refractivity contribution in [3.05, 3.63) is 82.8 Å². The number of rotatable bonds is 2. The Hall–Kier alpha value is -3.03. The molecule has 3 aromatic rings. The molecule has 2 aliphatic rings. The van der Waals surface area contributed by atoms with Gasteiger partial charge >= 0.3 is 6.18 Å². The van der Waals surface area contributed by atoms with Crippen LogP contribution in [0.15, 0.2) is 52.9 Å². The minimum atomic E-state index is -4.55. The molecule has 0 saturated heterocycles. The number of nitrogens with zero attached hydrogens (tertiary/aromatic N) is 1. The summed E-state index contributed by atoms with van der Waals surface area (Å²) in [6.07, 6.45) is -4.55. The molecule has 1 atom stereocenters. The molecular weight excluding hydrogens is 393 g/mol. The topological polar surface area (TPSA) is 25.6 Å². The van der Waals surface area contributed by atoms with E-state index in [2.05, 4.69) is 0 Å². The van der Waals surface area contributed by atoms with Crippen molar-refractivity contribution in [1.82, 2.24) is 0 Å². The molecule has 29 heavy (non-hydrogen) atoms. The summed E-state index contributed by atoms with van der Waals surface area (Å²) < 4.78 is 76.8. The molecule has 5 rings (SSSR count). The summed E-state index contributed by atoms with van der Waals surface area (Å²) in [4.78, 5) is 1.87. The molecule has 0 N–H and O–H groups in total. The number of halogens is 5. The Kier molecular flexibility index (Phi) is 3.72. The van der Waals surface area contributed by atoms with Gasteiger partial charge in [-0.05, 0) is 29.8 Å². The fourth-order valence-electron chi connectivity index (χ4n) is 4.25. The standard InChI is InChI=1S/C21H14F5NO2/c22-15-7-14-18(8-16(15)23)28-11-20(14)10-27(17-4-2-1-3-13(17)20)9-12-5-6-19(29-12)21(24,25)26/h1-8H,9-11H2. The zero-order chi connectivity index (χ0) is 20.4. The van der Waals surface area contributed by atoms with E-state index in [-0.39, 0.29) is 24.7 Å². The second-order valence-electron chi connectivity index (χ2n) is 7.27. The quantitative estimate of drug-likeness (QED) is 0.541. The number of hydrogen-bond acceptors (Lipinski definition) is 3. The van der Waals surface area contributed by atoms with E-state index in [4.69, 9.17) is 9.15 Å². The van der Waals surface area contributed by atoms with Gasteiger partial charge in [-0.15, -0.1) is 0 Å². The van der Waals surface area contributed by atoms with Gasteiger partial charge in [0.05, 0.1) is 12.0 Å². The van der Waals surface area contributed by atoms with E-state index >= 15 is 0 Å². The zero-order valence-electron chi connectivity index (χ0n) is 14.9. The first-order valence-corrected chi connectivity index (χ1v) is 8.91. The van der Waals surface area contributed by atoms with Gasteiger partial charge in [-0.25, -0.2) is 8.78 Å². The molecular formula is C21H14F5NO2. The van der Waals surface area contributed by atoms with E-state index in [0.29, 0.717) is 12.1 Å². The smallest absolute Gasteiger partial charge is 0.449 e. The molecule has 150 valence electrons. The van der Waals surface area contributed by atoms with E-state index in [0.717, 1.165) is 29.4 Å². The fraction of sp³-hybridized carbons (Fsp3) is 0.238. The van der Waals surface area contributed by atoms with Gasteiger partial charge in [-0.2, -0.15) is 13.2 Å². The van der Waals surface area contributed by atoms with Crippen molar-refractivity contribution in [2.24, 2.45) is 0 Å². The van der Waals surface area contributed by atoms with Crippen molar-refractivity contribution in [2.45, 2.75) is 18.1 Å². The van der Waals surface area contributed by atoms with Crippen LogP contribution in [0.4, 0.5) is 27.6 Å². The summed E-state index contributed by atoms with van der Waals surface area (Å²) in [6, 6.07) is 11.7. The number of benzene rings is 2. The maximum Gasteiger partial charge on any atom is 0.449 e. The normalized spacial score (nSPS) is 20.1. The molecule has 1 spiro atoms. The monoisotopic (exact) mass is 407 g/mol. The molecule has 0 bridgehead atoms. The second kappa shape index (κ2) is 5.98. The van der Waals surface area contributed by atoms with Gasteiger partial charge in [0.25, 0.3) is 0 Å². The zero-order valence-corrected chi connectivity index (χ0v) is 14.9. The molecule has 0 aliphatic carbocycles. The number of alkyl halides is 3. The highest BCUT2D eigenvalue weighted by molar-refractivity contribution is 5.69. The first-order chi connectivity index (χ1) is 13.8. The summed E-state index contributed by atoms with van der Waals surface area (Å²) in [5, 5.41) is 0. The summed E-state index contributed by atoms with van der Waals surface area (Å²) in [6.45, 7) is 0.630. The van der Waals surface area contributed by atoms with Crippen LogP contribution < -0.4 is 9.64 Å². The van der Waals surface area contributed by atoms with Gasteiger partial charge in [0.1, 0.15) is 18.1 Å². The van der Waals surface area contributed by atoms with E-state index in [1.54, 1.807) is 0 Å². The van der Waals surface area contributed by atoms with Crippen molar-refractivity contribution in [1.29, 1.82) is 0 Å². The van der Waals surface area contributed by atoms with E-state index in [1.807, 2.05) is 29.2 Å². The van der Waals surface area contributed by atoms with Crippen molar-refractivity contribution in [3.8, 4) is 5.75 Å². The Morgan fingerprint density at radius 3 is 2.48 bits per heavy atom. The lowest BCUT2D eigenvalue weighted by atomic mass is 9.78. The first-order valence-electron chi connectivity index (χ1n) is 8.91. The second-order valence-corrected chi connectivity index (χ2v) is 7.27. The summed E-state index contributed by atoms with van der Waals surface area (Å²) in [5.74, 6) is -2.57. The molecule has 1 aromatic heterocycles. The van der Waals surface area contributed by atoms with Crippen molar-refractivity contribution < 1.29 is 31.1 Å². The minimum Gasteiger partial charge on any atom is -0.492 e. The third-order valence-electron chi connectivity index (χ3n) is 5.52. The third-order valence-corrected chi connectivity index (χ3v) is 5.52. The third kappa shape index (κ3) is 2.69. The summed E-state index contributed by atoms with van der Waals surface area (Å²) >= 11 is 0.